The van der Waals surface area contributed by atoms with Crippen LogP contribution in [0.1, 0.15) is 27.2 Å². The Bertz CT molecular complexity index is 457. The smallest absolute Gasteiger partial charge is 0.228 e. The molecule has 106 valence electrons. The van der Waals surface area contributed by atoms with Crippen molar-refractivity contribution in [3.05, 3.63) is 27.6 Å². The predicted molar refractivity (Wildman–Crippen MR) is 84.4 cm³/mol. The van der Waals surface area contributed by atoms with Gasteiger partial charge in [-0.25, -0.2) is 4.39 Å². The lowest BCUT2D eigenvalue weighted by atomic mass is 9.84. The summed E-state index contributed by atoms with van der Waals surface area (Å²) in [6, 6.07) is 4.29. The molecule has 1 aromatic carbocycles. The van der Waals surface area contributed by atoms with E-state index in [1.54, 1.807) is 6.07 Å². The van der Waals surface area contributed by atoms with Gasteiger partial charge in [-0.05, 0) is 52.6 Å². The van der Waals surface area contributed by atoms with Gasteiger partial charge in [0.15, 0.2) is 0 Å². The Kier molecular flexibility index (Phi) is 5.73. The van der Waals surface area contributed by atoms with Crippen molar-refractivity contribution >= 4 is 34.2 Å². The van der Waals surface area contributed by atoms with Crippen molar-refractivity contribution in [3.63, 3.8) is 0 Å². The van der Waals surface area contributed by atoms with Gasteiger partial charge in [-0.1, -0.05) is 20.8 Å². The molecule has 0 saturated carbocycles. The van der Waals surface area contributed by atoms with Crippen LogP contribution < -0.4 is 11.1 Å². The Balaban J connectivity index is 2.77. The minimum atomic E-state index is -0.313. The SMILES string of the molecule is CC(C)(C)CC(CN)C(=O)Nc1ccc(F)cc1I. The maximum Gasteiger partial charge on any atom is 0.228 e. The standard InChI is InChI=1S/C14H20FIN2O/c1-14(2,3)7-9(8-17)13(19)18-12-5-4-10(15)6-11(12)16/h4-6,9H,7-8,17H2,1-3H3,(H,18,19). The first-order valence-corrected chi connectivity index (χ1v) is 7.27. The zero-order valence-corrected chi connectivity index (χ0v) is 13.6. The summed E-state index contributed by atoms with van der Waals surface area (Å²) < 4.78 is 13.7. The van der Waals surface area contributed by atoms with Crippen molar-refractivity contribution in [2.75, 3.05) is 11.9 Å². The van der Waals surface area contributed by atoms with E-state index in [9.17, 15) is 9.18 Å². The number of halogens is 2. The fraction of sp³-hybridized carbons (Fsp3) is 0.500. The van der Waals surface area contributed by atoms with E-state index >= 15 is 0 Å². The first kappa shape index (κ1) is 16.4. The Hall–Kier alpha value is -0.690. The Labute approximate surface area is 127 Å². The normalized spacial score (nSPS) is 13.2. The molecule has 1 amide bonds. The lowest BCUT2D eigenvalue weighted by molar-refractivity contribution is -0.120. The van der Waals surface area contributed by atoms with E-state index < -0.39 is 0 Å². The van der Waals surface area contributed by atoms with Gasteiger partial charge in [0.2, 0.25) is 5.91 Å². The molecule has 1 rings (SSSR count). The summed E-state index contributed by atoms with van der Waals surface area (Å²) >= 11 is 2.00. The van der Waals surface area contributed by atoms with E-state index in [4.69, 9.17) is 5.73 Å². The molecule has 0 aliphatic rings. The number of rotatable bonds is 4. The number of carbonyl (C=O) groups excluding carboxylic acids is 1. The first-order valence-electron chi connectivity index (χ1n) is 6.19. The van der Waals surface area contributed by atoms with Crippen LogP contribution in [0.5, 0.6) is 0 Å². The van der Waals surface area contributed by atoms with E-state index in [-0.39, 0.29) is 23.1 Å². The minimum absolute atomic E-state index is 0.0390. The summed E-state index contributed by atoms with van der Waals surface area (Å²) in [5.41, 5.74) is 6.34. The number of amides is 1. The third kappa shape index (κ3) is 5.44. The molecule has 0 aliphatic carbocycles. The summed E-state index contributed by atoms with van der Waals surface area (Å²) in [6.07, 6.45) is 0.715. The Morgan fingerprint density at radius 2 is 2.11 bits per heavy atom. The molecule has 3 N–H and O–H groups in total. The molecule has 3 nitrogen and oxygen atoms in total. The van der Waals surface area contributed by atoms with Crippen molar-refractivity contribution in [1.29, 1.82) is 0 Å². The molecule has 1 atom stereocenters. The van der Waals surface area contributed by atoms with Crippen LogP contribution in [0.2, 0.25) is 0 Å². The quantitative estimate of drug-likeness (QED) is 0.790. The molecule has 0 saturated heterocycles. The molecule has 0 spiro atoms. The van der Waals surface area contributed by atoms with Crippen molar-refractivity contribution in [2.45, 2.75) is 27.2 Å². The maximum atomic E-state index is 13.0. The average molecular weight is 378 g/mol. The number of benzene rings is 1. The fourth-order valence-electron chi connectivity index (χ4n) is 1.85. The van der Waals surface area contributed by atoms with Crippen LogP contribution in [-0.2, 0) is 4.79 Å². The monoisotopic (exact) mass is 378 g/mol. The van der Waals surface area contributed by atoms with Crippen molar-refractivity contribution in [1.82, 2.24) is 0 Å². The van der Waals surface area contributed by atoms with Crippen molar-refractivity contribution in [3.8, 4) is 0 Å². The topological polar surface area (TPSA) is 55.1 Å². The van der Waals surface area contributed by atoms with Crippen LogP contribution in [0.3, 0.4) is 0 Å². The number of nitrogens with two attached hydrogens (primary N) is 1. The largest absolute Gasteiger partial charge is 0.330 e. The van der Waals surface area contributed by atoms with Gasteiger partial charge in [0, 0.05) is 10.1 Å². The maximum absolute atomic E-state index is 13.0. The van der Waals surface area contributed by atoms with Crippen LogP contribution in [0.25, 0.3) is 0 Å². The van der Waals surface area contributed by atoms with E-state index in [2.05, 4.69) is 26.1 Å². The van der Waals surface area contributed by atoms with Gasteiger partial charge in [0.05, 0.1) is 11.6 Å². The number of carbonyl (C=O) groups is 1. The fourth-order valence-corrected chi connectivity index (χ4v) is 2.46. The van der Waals surface area contributed by atoms with Crippen LogP contribution in [0, 0.1) is 20.7 Å². The van der Waals surface area contributed by atoms with Gasteiger partial charge in [0.25, 0.3) is 0 Å². The highest BCUT2D eigenvalue weighted by Gasteiger charge is 2.24. The zero-order chi connectivity index (χ0) is 14.6. The molecule has 1 unspecified atom stereocenters. The molecule has 5 heteroatoms. The van der Waals surface area contributed by atoms with Gasteiger partial charge >= 0.3 is 0 Å². The Morgan fingerprint density at radius 1 is 1.47 bits per heavy atom. The highest BCUT2D eigenvalue weighted by Crippen LogP contribution is 2.26. The van der Waals surface area contributed by atoms with Crippen molar-refractivity contribution < 1.29 is 9.18 Å². The number of hydrogen-bond acceptors (Lipinski definition) is 2. The molecule has 1 aromatic rings. The second-order valence-corrected chi connectivity index (χ2v) is 6.97. The molecule has 0 bridgehead atoms. The minimum Gasteiger partial charge on any atom is -0.330 e. The van der Waals surface area contributed by atoms with Gasteiger partial charge in [-0.15, -0.1) is 0 Å². The van der Waals surface area contributed by atoms with E-state index in [1.807, 2.05) is 22.6 Å². The molecule has 19 heavy (non-hydrogen) atoms. The molecule has 0 radical (unpaired) electrons. The van der Waals surface area contributed by atoms with E-state index in [0.717, 1.165) is 0 Å². The summed E-state index contributed by atoms with van der Waals surface area (Å²) in [5.74, 6) is -0.657. The van der Waals surface area contributed by atoms with Crippen LogP contribution in [-0.4, -0.2) is 12.5 Å². The average Bonchev–Trinajstić information content (AvgIpc) is 2.28. The van der Waals surface area contributed by atoms with Crippen LogP contribution >= 0.6 is 22.6 Å². The van der Waals surface area contributed by atoms with E-state index in [1.165, 1.54) is 12.1 Å². The summed E-state index contributed by atoms with van der Waals surface area (Å²) in [5, 5.41) is 2.82. The van der Waals surface area contributed by atoms with Gasteiger partial charge in [-0.3, -0.25) is 4.79 Å². The van der Waals surface area contributed by atoms with E-state index in [0.29, 0.717) is 22.2 Å². The lowest BCUT2D eigenvalue weighted by Crippen LogP contribution is -2.32. The molecule has 0 aromatic heterocycles. The second-order valence-electron chi connectivity index (χ2n) is 5.81. The Morgan fingerprint density at radius 3 is 2.58 bits per heavy atom. The second kappa shape index (κ2) is 6.65. The lowest BCUT2D eigenvalue weighted by Gasteiger charge is -2.24. The molecule has 0 fully saturated rings. The summed E-state index contributed by atoms with van der Waals surface area (Å²) in [4.78, 5) is 12.2. The van der Waals surface area contributed by atoms with Gasteiger partial charge in [-0.2, -0.15) is 0 Å². The van der Waals surface area contributed by atoms with Crippen molar-refractivity contribution in [2.24, 2.45) is 17.1 Å². The summed E-state index contributed by atoms with van der Waals surface area (Å²) in [7, 11) is 0. The van der Waals surface area contributed by atoms with Gasteiger partial charge in [0.1, 0.15) is 5.82 Å². The zero-order valence-electron chi connectivity index (χ0n) is 11.5. The highest BCUT2D eigenvalue weighted by atomic mass is 127. The number of anilines is 1. The van der Waals surface area contributed by atoms with Gasteiger partial charge < -0.3 is 11.1 Å². The molecular weight excluding hydrogens is 358 g/mol. The van der Waals surface area contributed by atoms with Crippen LogP contribution in [0.4, 0.5) is 10.1 Å². The highest BCUT2D eigenvalue weighted by molar-refractivity contribution is 14.1. The predicted octanol–water partition coefficient (Wildman–Crippen LogP) is 3.38. The first-order chi connectivity index (χ1) is 8.73. The third-order valence-corrected chi connectivity index (χ3v) is 3.60. The molecule has 0 heterocycles. The number of nitrogens with one attached hydrogen (secondary N) is 1. The molecule has 0 aliphatic heterocycles. The number of hydrogen-bond donors (Lipinski definition) is 2. The third-order valence-electron chi connectivity index (χ3n) is 2.70. The molecular formula is C14H20FIN2O. The summed E-state index contributed by atoms with van der Waals surface area (Å²) in [6.45, 7) is 6.53. The van der Waals surface area contributed by atoms with Crippen LogP contribution in [0.15, 0.2) is 18.2 Å².